The molecule has 0 aliphatic rings. The molecule has 1 atom stereocenters. The van der Waals surface area contributed by atoms with E-state index in [0.717, 1.165) is 18.3 Å². The van der Waals surface area contributed by atoms with Gasteiger partial charge in [-0.3, -0.25) is 9.78 Å². The van der Waals surface area contributed by atoms with E-state index < -0.39 is 41.1 Å². The molecule has 0 saturated heterocycles. The van der Waals surface area contributed by atoms with E-state index in [9.17, 15) is 31.9 Å². The zero-order valence-corrected chi connectivity index (χ0v) is 17.8. The van der Waals surface area contributed by atoms with Crippen molar-refractivity contribution in [2.45, 2.75) is 38.6 Å². The van der Waals surface area contributed by atoms with Crippen LogP contribution in [0.1, 0.15) is 54.1 Å². The first-order valence-corrected chi connectivity index (χ1v) is 9.80. The molecule has 0 bridgehead atoms. The van der Waals surface area contributed by atoms with Crippen molar-refractivity contribution in [1.82, 2.24) is 15.3 Å². The molecule has 0 aliphatic heterocycles. The van der Waals surface area contributed by atoms with Crippen molar-refractivity contribution in [1.29, 1.82) is 0 Å². The number of hydrogen-bond acceptors (Lipinski definition) is 4. The summed E-state index contributed by atoms with van der Waals surface area (Å²) in [5, 5.41) is 13.0. The second-order valence-corrected chi connectivity index (χ2v) is 7.98. The lowest BCUT2D eigenvalue weighted by Crippen LogP contribution is -2.28. The molecule has 174 valence electrons. The average Bonchev–Trinajstić information content (AvgIpc) is 2.72. The summed E-state index contributed by atoms with van der Waals surface area (Å²) in [4.78, 5) is 20.5. The number of benzene rings is 1. The topological polar surface area (TPSA) is 75.1 Å². The molecule has 1 amide bonds. The summed E-state index contributed by atoms with van der Waals surface area (Å²) in [7, 11) is 0. The predicted molar refractivity (Wildman–Crippen MR) is 110 cm³/mol. The number of rotatable bonds is 5. The zero-order valence-electron chi connectivity index (χ0n) is 17.8. The molecular weight excluding hydrogens is 445 g/mol. The summed E-state index contributed by atoms with van der Waals surface area (Å²) >= 11 is 0. The summed E-state index contributed by atoms with van der Waals surface area (Å²) in [5.41, 5.74) is -2.19. The van der Waals surface area contributed by atoms with Crippen LogP contribution in [0.2, 0.25) is 0 Å². The number of alkyl halides is 3. The van der Waals surface area contributed by atoms with Crippen molar-refractivity contribution < 1.29 is 31.9 Å². The first-order valence-electron chi connectivity index (χ1n) is 9.80. The molecule has 2 aromatic heterocycles. The largest absolute Gasteiger partial charge is 0.433 e. The molecule has 2 N–H and O–H groups in total. The Morgan fingerprint density at radius 1 is 1.03 bits per heavy atom. The number of hydrogen-bond donors (Lipinski definition) is 2. The fourth-order valence-corrected chi connectivity index (χ4v) is 3.00. The van der Waals surface area contributed by atoms with Crippen LogP contribution in [-0.2, 0) is 11.8 Å². The van der Waals surface area contributed by atoms with Gasteiger partial charge in [-0.2, -0.15) is 13.2 Å². The highest BCUT2D eigenvalue weighted by Crippen LogP contribution is 2.29. The van der Waals surface area contributed by atoms with E-state index in [2.05, 4.69) is 15.3 Å². The van der Waals surface area contributed by atoms with Gasteiger partial charge in [0.15, 0.2) is 0 Å². The van der Waals surface area contributed by atoms with Crippen LogP contribution < -0.4 is 5.32 Å². The number of halogens is 5. The summed E-state index contributed by atoms with van der Waals surface area (Å²) in [5.74, 6) is -2.32. The van der Waals surface area contributed by atoms with Crippen molar-refractivity contribution in [2.75, 3.05) is 0 Å². The van der Waals surface area contributed by atoms with Gasteiger partial charge in [0.25, 0.3) is 5.91 Å². The van der Waals surface area contributed by atoms with Crippen LogP contribution in [0.3, 0.4) is 0 Å². The third kappa shape index (κ3) is 5.70. The second-order valence-electron chi connectivity index (χ2n) is 7.98. The van der Waals surface area contributed by atoms with E-state index >= 15 is 0 Å². The van der Waals surface area contributed by atoms with Crippen LogP contribution in [-0.4, -0.2) is 21.0 Å². The lowest BCUT2D eigenvalue weighted by atomic mass is 9.99. The van der Waals surface area contributed by atoms with Gasteiger partial charge in [-0.1, -0.05) is 6.07 Å². The van der Waals surface area contributed by atoms with Crippen LogP contribution >= 0.6 is 0 Å². The van der Waals surface area contributed by atoms with E-state index in [-0.39, 0.29) is 22.5 Å². The van der Waals surface area contributed by atoms with Crippen molar-refractivity contribution in [2.24, 2.45) is 0 Å². The van der Waals surface area contributed by atoms with Gasteiger partial charge in [-0.15, -0.1) is 0 Å². The minimum atomic E-state index is -4.58. The first-order chi connectivity index (χ1) is 15.3. The number of nitrogens with zero attached hydrogens (tertiary/aromatic N) is 2. The van der Waals surface area contributed by atoms with Crippen LogP contribution in [0, 0.1) is 11.6 Å². The third-order valence-electron chi connectivity index (χ3n) is 4.85. The van der Waals surface area contributed by atoms with E-state index in [1.165, 1.54) is 38.1 Å². The quantitative estimate of drug-likeness (QED) is 0.511. The molecule has 5 nitrogen and oxygen atoms in total. The zero-order chi connectivity index (χ0) is 24.6. The Kier molecular flexibility index (Phi) is 6.51. The fourth-order valence-electron chi connectivity index (χ4n) is 3.00. The fraction of sp³-hybridized carbons (Fsp3) is 0.261. The van der Waals surface area contributed by atoms with Gasteiger partial charge in [-0.05, 0) is 56.7 Å². The van der Waals surface area contributed by atoms with Crippen LogP contribution in [0.25, 0.3) is 11.3 Å². The number of carbonyl (C=O) groups excluding carboxylic acids is 1. The molecule has 33 heavy (non-hydrogen) atoms. The van der Waals surface area contributed by atoms with Crippen LogP contribution in [0.15, 0.2) is 48.7 Å². The van der Waals surface area contributed by atoms with Gasteiger partial charge in [0.05, 0.1) is 17.4 Å². The van der Waals surface area contributed by atoms with E-state index in [4.69, 9.17) is 0 Å². The SMILES string of the molecule is C[C@@H](NC(=O)c1cc(-c2ccc(F)cc2F)nc(C(C)(C)O)c1)c1ccc(C(F)(F)F)nc1. The summed E-state index contributed by atoms with van der Waals surface area (Å²) < 4.78 is 65.7. The minimum Gasteiger partial charge on any atom is -0.384 e. The Morgan fingerprint density at radius 3 is 2.27 bits per heavy atom. The van der Waals surface area contributed by atoms with Crippen molar-refractivity contribution in [3.8, 4) is 11.3 Å². The molecule has 0 aliphatic carbocycles. The molecule has 10 heteroatoms. The Morgan fingerprint density at radius 2 is 1.73 bits per heavy atom. The molecule has 0 spiro atoms. The van der Waals surface area contributed by atoms with Crippen molar-refractivity contribution >= 4 is 5.91 Å². The van der Waals surface area contributed by atoms with Gasteiger partial charge in [-0.25, -0.2) is 13.8 Å². The number of aromatic nitrogens is 2. The van der Waals surface area contributed by atoms with Gasteiger partial charge in [0, 0.05) is 23.4 Å². The Labute approximate surface area is 186 Å². The maximum atomic E-state index is 14.3. The summed E-state index contributed by atoms with van der Waals surface area (Å²) in [6.45, 7) is 4.41. The molecule has 1 aromatic carbocycles. The molecule has 2 heterocycles. The van der Waals surface area contributed by atoms with Gasteiger partial charge in [0.1, 0.15) is 22.9 Å². The molecular formula is C23H20F5N3O2. The van der Waals surface area contributed by atoms with Crippen molar-refractivity contribution in [3.63, 3.8) is 0 Å². The Balaban J connectivity index is 1.93. The standard InChI is InChI=1S/C23H20F5N3O2/c1-12(13-4-7-19(29-11-13)23(26,27)28)30-21(32)14-8-18(31-20(9-14)22(2,3)33)16-6-5-15(24)10-17(16)25/h4-12,33H,1-3H3,(H,30,32)/t12-/m1/s1. The predicted octanol–water partition coefficient (Wildman–Crippen LogP) is 5.16. The van der Waals surface area contributed by atoms with Crippen LogP contribution in [0.4, 0.5) is 22.0 Å². The lowest BCUT2D eigenvalue weighted by Gasteiger charge is -2.20. The number of nitrogens with one attached hydrogen (secondary N) is 1. The monoisotopic (exact) mass is 465 g/mol. The number of pyridine rings is 2. The second kappa shape index (κ2) is 8.86. The van der Waals surface area contributed by atoms with Gasteiger partial charge >= 0.3 is 6.18 Å². The number of amides is 1. The van der Waals surface area contributed by atoms with Gasteiger partial charge in [0.2, 0.25) is 0 Å². The summed E-state index contributed by atoms with van der Waals surface area (Å²) in [6, 6.07) is 6.78. The van der Waals surface area contributed by atoms with E-state index in [0.29, 0.717) is 11.6 Å². The third-order valence-corrected chi connectivity index (χ3v) is 4.85. The highest BCUT2D eigenvalue weighted by atomic mass is 19.4. The molecule has 0 radical (unpaired) electrons. The minimum absolute atomic E-state index is 0.00104. The molecule has 0 unspecified atom stereocenters. The molecule has 3 aromatic rings. The normalized spacial score (nSPS) is 13.0. The summed E-state index contributed by atoms with van der Waals surface area (Å²) in [6.07, 6.45) is -3.57. The Hall–Kier alpha value is -3.40. The first kappa shape index (κ1) is 24.2. The smallest absolute Gasteiger partial charge is 0.384 e. The van der Waals surface area contributed by atoms with E-state index in [1.807, 2.05) is 0 Å². The lowest BCUT2D eigenvalue weighted by molar-refractivity contribution is -0.141. The van der Waals surface area contributed by atoms with Gasteiger partial charge < -0.3 is 10.4 Å². The van der Waals surface area contributed by atoms with E-state index in [1.54, 1.807) is 6.92 Å². The maximum absolute atomic E-state index is 14.3. The average molecular weight is 465 g/mol. The molecule has 0 fully saturated rings. The van der Waals surface area contributed by atoms with Crippen molar-refractivity contribution in [3.05, 3.63) is 82.8 Å². The van der Waals surface area contributed by atoms with Crippen LogP contribution in [0.5, 0.6) is 0 Å². The molecule has 0 saturated carbocycles. The number of carbonyl (C=O) groups is 1. The Bertz CT molecular complexity index is 1170. The maximum Gasteiger partial charge on any atom is 0.433 e. The molecule has 3 rings (SSSR count). The highest BCUT2D eigenvalue weighted by molar-refractivity contribution is 5.95. The number of aliphatic hydroxyl groups is 1. The highest BCUT2D eigenvalue weighted by Gasteiger charge is 2.32.